The number of rotatable bonds is 69. The Balaban J connectivity index is 4.18. The number of carbonyl (C=O) groups is 3. The molecular weight excluding hydrogens is 1010 g/mol. The third kappa shape index (κ3) is 68.4. The van der Waals surface area contributed by atoms with E-state index in [1.807, 2.05) is 0 Å². The molecule has 0 radical (unpaired) electrons. The van der Waals surface area contributed by atoms with E-state index in [1.54, 1.807) is 0 Å². The number of esters is 3. The van der Waals surface area contributed by atoms with Gasteiger partial charge < -0.3 is 14.2 Å². The predicted octanol–water partition coefficient (Wildman–Crippen LogP) is 25.5. The average Bonchev–Trinajstić information content (AvgIpc) is 3.48. The van der Waals surface area contributed by atoms with Crippen LogP contribution in [0.25, 0.3) is 0 Å². The second-order valence-corrected chi connectivity index (χ2v) is 25.2. The van der Waals surface area contributed by atoms with Crippen LogP contribution in [0.15, 0.2) is 36.5 Å². The van der Waals surface area contributed by atoms with Gasteiger partial charge in [0.2, 0.25) is 0 Å². The largest absolute Gasteiger partial charge is 0.462 e. The summed E-state index contributed by atoms with van der Waals surface area (Å²) < 4.78 is 17.0. The predicted molar refractivity (Wildman–Crippen MR) is 358 cm³/mol. The smallest absolute Gasteiger partial charge is 0.306 e. The molecule has 0 N–H and O–H groups in total. The molecule has 0 saturated carbocycles. The Hall–Kier alpha value is -2.37. The number of ether oxygens (including phenoxy) is 3. The molecule has 82 heavy (non-hydrogen) atoms. The summed E-state index contributed by atoms with van der Waals surface area (Å²) in [5, 5.41) is 0. The molecule has 0 aromatic rings. The van der Waals surface area contributed by atoms with Crippen molar-refractivity contribution in [3.8, 4) is 0 Å². The van der Waals surface area contributed by atoms with Crippen LogP contribution in [0.2, 0.25) is 0 Å². The van der Waals surface area contributed by atoms with Gasteiger partial charge in [0.15, 0.2) is 6.10 Å². The molecule has 0 aromatic carbocycles. The highest BCUT2D eigenvalue weighted by molar-refractivity contribution is 5.71. The Labute approximate surface area is 512 Å². The van der Waals surface area contributed by atoms with E-state index in [4.69, 9.17) is 14.2 Å². The van der Waals surface area contributed by atoms with Crippen LogP contribution < -0.4 is 0 Å². The fourth-order valence-electron chi connectivity index (χ4n) is 11.3. The van der Waals surface area contributed by atoms with Crippen LogP contribution in [0.5, 0.6) is 0 Å². The van der Waals surface area contributed by atoms with Crippen LogP contribution in [-0.4, -0.2) is 37.2 Å². The summed E-state index contributed by atoms with van der Waals surface area (Å²) in [4.78, 5) is 38.5. The molecule has 1 unspecified atom stereocenters. The SMILES string of the molecule is CCCCCCC/C=C\C/C=C\CCCCCCCCCCCCCCCCCCCCCC(=O)OCC(COC(=O)CCCCCCCCCCCCCCCCCC)OC(=O)CCCCCCCCC/C=C\CCCCCCCC. The highest BCUT2D eigenvalue weighted by atomic mass is 16.6. The molecule has 0 aliphatic rings. The van der Waals surface area contributed by atoms with Crippen molar-refractivity contribution in [1.29, 1.82) is 0 Å². The molecule has 6 nitrogen and oxygen atoms in total. The minimum atomic E-state index is -0.772. The standard InChI is InChI=1S/C76H142O6/c1-4-7-10-13-16-19-22-25-28-31-32-33-34-35-36-37-38-39-40-41-42-43-44-46-48-51-54-57-60-63-66-69-75(78)81-72-73(71-80-74(77)68-65-62-59-56-53-50-47-30-27-24-21-18-15-12-9-6-3)82-76(79)70-67-64-61-58-55-52-49-45-29-26-23-20-17-14-11-8-5-2/h22,25-26,29,31-32,73H,4-21,23-24,27-28,30,33-72H2,1-3H3/b25-22-,29-26-,32-31-. The van der Waals surface area contributed by atoms with Crippen LogP contribution in [-0.2, 0) is 28.6 Å². The molecule has 1 atom stereocenters. The average molecular weight is 1150 g/mol. The Bertz CT molecular complexity index is 1370. The lowest BCUT2D eigenvalue weighted by Crippen LogP contribution is -2.30. The molecule has 0 aliphatic carbocycles. The van der Waals surface area contributed by atoms with Crippen LogP contribution in [0.1, 0.15) is 412 Å². The van der Waals surface area contributed by atoms with Crippen LogP contribution >= 0.6 is 0 Å². The van der Waals surface area contributed by atoms with E-state index in [1.165, 1.54) is 308 Å². The van der Waals surface area contributed by atoms with E-state index in [2.05, 4.69) is 57.2 Å². The zero-order valence-electron chi connectivity index (χ0n) is 55.5. The van der Waals surface area contributed by atoms with Gasteiger partial charge in [0, 0.05) is 19.3 Å². The van der Waals surface area contributed by atoms with Crippen LogP contribution in [0, 0.1) is 0 Å². The van der Waals surface area contributed by atoms with Gasteiger partial charge in [-0.3, -0.25) is 14.4 Å². The van der Waals surface area contributed by atoms with Gasteiger partial charge in [-0.25, -0.2) is 0 Å². The lowest BCUT2D eigenvalue weighted by atomic mass is 10.0. The summed E-state index contributed by atoms with van der Waals surface area (Å²) >= 11 is 0. The number of hydrogen-bond acceptors (Lipinski definition) is 6. The lowest BCUT2D eigenvalue weighted by Gasteiger charge is -2.18. The maximum atomic E-state index is 12.9. The molecule has 0 bridgehead atoms. The first-order chi connectivity index (χ1) is 40.5. The number of hydrogen-bond donors (Lipinski definition) is 0. The molecule has 0 amide bonds. The van der Waals surface area contributed by atoms with E-state index in [9.17, 15) is 14.4 Å². The van der Waals surface area contributed by atoms with Gasteiger partial charge in [0.1, 0.15) is 13.2 Å². The number of allylic oxidation sites excluding steroid dienone is 6. The maximum absolute atomic E-state index is 12.9. The summed E-state index contributed by atoms with van der Waals surface area (Å²) in [6.07, 6.45) is 89.0. The molecular formula is C76H142O6. The molecule has 0 aromatic heterocycles. The minimum Gasteiger partial charge on any atom is -0.462 e. The van der Waals surface area contributed by atoms with Crippen LogP contribution in [0.3, 0.4) is 0 Å². The topological polar surface area (TPSA) is 78.9 Å². The van der Waals surface area contributed by atoms with Crippen molar-refractivity contribution < 1.29 is 28.6 Å². The monoisotopic (exact) mass is 1150 g/mol. The number of unbranched alkanes of at least 4 members (excludes halogenated alkanes) is 52. The van der Waals surface area contributed by atoms with Gasteiger partial charge >= 0.3 is 17.9 Å². The van der Waals surface area contributed by atoms with Crippen molar-refractivity contribution in [2.45, 2.75) is 419 Å². The van der Waals surface area contributed by atoms with Crippen LogP contribution in [0.4, 0.5) is 0 Å². The third-order valence-electron chi connectivity index (χ3n) is 16.9. The number of carbonyl (C=O) groups excluding carboxylic acids is 3. The second-order valence-electron chi connectivity index (χ2n) is 25.2. The quantitative estimate of drug-likeness (QED) is 0.0261. The zero-order valence-corrected chi connectivity index (χ0v) is 55.5. The third-order valence-corrected chi connectivity index (χ3v) is 16.9. The molecule has 0 aliphatic heterocycles. The summed E-state index contributed by atoms with van der Waals surface area (Å²) in [5.41, 5.74) is 0. The summed E-state index contributed by atoms with van der Waals surface area (Å²) in [6.45, 7) is 6.70. The molecule has 0 spiro atoms. The van der Waals surface area contributed by atoms with Gasteiger partial charge in [0.05, 0.1) is 0 Å². The van der Waals surface area contributed by atoms with Gasteiger partial charge in [-0.05, 0) is 77.0 Å². The second kappa shape index (κ2) is 71.1. The Morgan fingerprint density at radius 2 is 0.439 bits per heavy atom. The fraction of sp³-hybridized carbons (Fsp3) is 0.882. The summed E-state index contributed by atoms with van der Waals surface area (Å²) in [5.74, 6) is -0.839. The zero-order chi connectivity index (χ0) is 59.2. The van der Waals surface area contributed by atoms with Gasteiger partial charge in [-0.1, -0.05) is 353 Å². The Kier molecular flexibility index (Phi) is 69.1. The van der Waals surface area contributed by atoms with Crippen molar-refractivity contribution in [2.75, 3.05) is 13.2 Å². The normalized spacial score (nSPS) is 12.2. The van der Waals surface area contributed by atoms with E-state index in [0.717, 1.165) is 64.2 Å². The molecule has 0 saturated heterocycles. The van der Waals surface area contributed by atoms with E-state index < -0.39 is 6.10 Å². The summed E-state index contributed by atoms with van der Waals surface area (Å²) in [7, 11) is 0. The van der Waals surface area contributed by atoms with E-state index >= 15 is 0 Å². The Morgan fingerprint density at radius 1 is 0.244 bits per heavy atom. The van der Waals surface area contributed by atoms with E-state index in [0.29, 0.717) is 19.3 Å². The van der Waals surface area contributed by atoms with Gasteiger partial charge in [-0.2, -0.15) is 0 Å². The highest BCUT2D eigenvalue weighted by Gasteiger charge is 2.19. The fourth-order valence-corrected chi connectivity index (χ4v) is 11.3. The molecule has 6 heteroatoms. The van der Waals surface area contributed by atoms with Crippen molar-refractivity contribution in [1.82, 2.24) is 0 Å². The van der Waals surface area contributed by atoms with Crippen molar-refractivity contribution in [2.24, 2.45) is 0 Å². The molecule has 0 rings (SSSR count). The van der Waals surface area contributed by atoms with Gasteiger partial charge in [0.25, 0.3) is 0 Å². The summed E-state index contributed by atoms with van der Waals surface area (Å²) in [6, 6.07) is 0. The first-order valence-electron chi connectivity index (χ1n) is 37.0. The minimum absolute atomic E-state index is 0.0673. The molecule has 482 valence electrons. The van der Waals surface area contributed by atoms with E-state index in [-0.39, 0.29) is 31.1 Å². The van der Waals surface area contributed by atoms with Gasteiger partial charge in [-0.15, -0.1) is 0 Å². The van der Waals surface area contributed by atoms with Crippen molar-refractivity contribution in [3.63, 3.8) is 0 Å². The van der Waals surface area contributed by atoms with Crippen molar-refractivity contribution >= 4 is 17.9 Å². The highest BCUT2D eigenvalue weighted by Crippen LogP contribution is 2.19. The van der Waals surface area contributed by atoms with Crippen molar-refractivity contribution in [3.05, 3.63) is 36.5 Å². The maximum Gasteiger partial charge on any atom is 0.306 e. The lowest BCUT2D eigenvalue weighted by molar-refractivity contribution is -0.167. The Morgan fingerprint density at radius 3 is 0.683 bits per heavy atom. The first-order valence-corrected chi connectivity index (χ1v) is 37.0. The molecule has 0 fully saturated rings. The molecule has 0 heterocycles. The first kappa shape index (κ1) is 79.6.